The summed E-state index contributed by atoms with van der Waals surface area (Å²) >= 11 is 0. The second kappa shape index (κ2) is 3.83. The van der Waals surface area contributed by atoms with Crippen molar-refractivity contribution >= 4 is 12.6 Å². The Kier molecular flexibility index (Phi) is 3.35. The van der Waals surface area contributed by atoms with Crippen molar-refractivity contribution in [2.24, 2.45) is 5.10 Å². The summed E-state index contributed by atoms with van der Waals surface area (Å²) in [5.74, 6) is -0.257. The fourth-order valence-corrected chi connectivity index (χ4v) is 0.311. The second-order valence-electron chi connectivity index (χ2n) is 1.56. The van der Waals surface area contributed by atoms with Crippen LogP contribution in [0.2, 0.25) is 0 Å². The lowest BCUT2D eigenvalue weighted by Gasteiger charge is -1.96. The Hall–Kier alpha value is -1.12. The number of hydrazone groups is 1. The first-order valence-electron chi connectivity index (χ1n) is 2.66. The molecule has 3 heteroatoms. The van der Waals surface area contributed by atoms with Crippen molar-refractivity contribution < 1.29 is 4.79 Å². The van der Waals surface area contributed by atoms with E-state index in [4.69, 9.17) is 0 Å². The summed E-state index contributed by atoms with van der Waals surface area (Å²) in [5.41, 5.74) is 2.69. The van der Waals surface area contributed by atoms with E-state index in [1.807, 2.05) is 6.92 Å². The second-order valence-corrected chi connectivity index (χ2v) is 1.56. The van der Waals surface area contributed by atoms with Crippen LogP contribution < -0.4 is 5.43 Å². The molecule has 0 aromatic rings. The molecule has 0 aliphatic rings. The zero-order chi connectivity index (χ0) is 7.28. The highest BCUT2D eigenvalue weighted by atomic mass is 16.2. The SMILES string of the molecule is C=NNC(=O)C(=C)CC. The lowest BCUT2D eigenvalue weighted by Crippen LogP contribution is -2.17. The zero-order valence-corrected chi connectivity index (χ0v) is 5.48. The van der Waals surface area contributed by atoms with Gasteiger partial charge in [-0.05, 0) is 6.42 Å². The molecule has 0 aliphatic carbocycles. The summed E-state index contributed by atoms with van der Waals surface area (Å²) in [5, 5.41) is 3.19. The maximum absolute atomic E-state index is 10.6. The van der Waals surface area contributed by atoms with E-state index < -0.39 is 0 Å². The Labute approximate surface area is 54.5 Å². The van der Waals surface area contributed by atoms with Crippen LogP contribution in [0.3, 0.4) is 0 Å². The molecule has 0 fully saturated rings. The molecule has 0 heterocycles. The molecule has 1 N–H and O–H groups in total. The van der Waals surface area contributed by atoms with E-state index in [9.17, 15) is 4.79 Å². The van der Waals surface area contributed by atoms with Crippen molar-refractivity contribution in [2.45, 2.75) is 13.3 Å². The molecule has 0 aliphatic heterocycles. The van der Waals surface area contributed by atoms with Crippen LogP contribution in [0.15, 0.2) is 17.3 Å². The van der Waals surface area contributed by atoms with E-state index in [1.54, 1.807) is 0 Å². The molecule has 0 rings (SSSR count). The number of hydrogen-bond donors (Lipinski definition) is 1. The van der Waals surface area contributed by atoms with Gasteiger partial charge in [0.1, 0.15) is 0 Å². The molecule has 1 amide bonds. The van der Waals surface area contributed by atoms with Crippen LogP contribution in [-0.2, 0) is 4.79 Å². The van der Waals surface area contributed by atoms with E-state index in [0.29, 0.717) is 12.0 Å². The van der Waals surface area contributed by atoms with Gasteiger partial charge in [0.25, 0.3) is 5.91 Å². The van der Waals surface area contributed by atoms with Crippen LogP contribution in [0.4, 0.5) is 0 Å². The first-order valence-corrected chi connectivity index (χ1v) is 2.66. The summed E-state index contributed by atoms with van der Waals surface area (Å²) < 4.78 is 0. The van der Waals surface area contributed by atoms with Crippen LogP contribution in [0.5, 0.6) is 0 Å². The average Bonchev–Trinajstić information content (AvgIpc) is 1.87. The minimum atomic E-state index is -0.257. The molecule has 0 atom stereocenters. The van der Waals surface area contributed by atoms with Gasteiger partial charge in [-0.25, -0.2) is 5.43 Å². The highest BCUT2D eigenvalue weighted by Gasteiger charge is 1.99. The van der Waals surface area contributed by atoms with Crippen molar-refractivity contribution in [3.63, 3.8) is 0 Å². The highest BCUT2D eigenvalue weighted by molar-refractivity contribution is 5.92. The van der Waals surface area contributed by atoms with Gasteiger partial charge in [-0.2, -0.15) is 5.10 Å². The Morgan fingerprint density at radius 3 is 2.67 bits per heavy atom. The molecule has 0 aromatic heterocycles. The normalized spacial score (nSPS) is 8.11. The van der Waals surface area contributed by atoms with Crippen molar-refractivity contribution in [3.8, 4) is 0 Å². The summed E-state index contributed by atoms with van der Waals surface area (Å²) in [7, 11) is 0. The van der Waals surface area contributed by atoms with E-state index in [1.165, 1.54) is 0 Å². The Morgan fingerprint density at radius 1 is 1.78 bits per heavy atom. The lowest BCUT2D eigenvalue weighted by molar-refractivity contribution is -0.117. The molecular formula is C6H10N2O. The standard InChI is InChI=1S/C6H10N2O/c1-4-5(2)6(9)8-7-3/h2-4H2,1H3,(H,8,9). The molecule has 0 radical (unpaired) electrons. The van der Waals surface area contributed by atoms with E-state index >= 15 is 0 Å². The van der Waals surface area contributed by atoms with Gasteiger partial charge in [0.15, 0.2) is 0 Å². The fourth-order valence-electron chi connectivity index (χ4n) is 0.311. The Balaban J connectivity index is 3.73. The third-order valence-electron chi connectivity index (χ3n) is 0.928. The maximum atomic E-state index is 10.6. The Morgan fingerprint density at radius 2 is 2.33 bits per heavy atom. The molecule has 50 valence electrons. The number of rotatable bonds is 3. The van der Waals surface area contributed by atoms with Gasteiger partial charge in [0.05, 0.1) is 0 Å². The summed E-state index contributed by atoms with van der Waals surface area (Å²) in [6.45, 7) is 8.44. The molecule has 0 bridgehead atoms. The van der Waals surface area contributed by atoms with E-state index in [0.717, 1.165) is 0 Å². The van der Waals surface area contributed by atoms with Gasteiger partial charge in [-0.3, -0.25) is 4.79 Å². The molecule has 9 heavy (non-hydrogen) atoms. The van der Waals surface area contributed by atoms with Gasteiger partial charge in [-0.15, -0.1) is 0 Å². The minimum absolute atomic E-state index is 0.257. The number of nitrogens with zero attached hydrogens (tertiary/aromatic N) is 1. The topological polar surface area (TPSA) is 41.5 Å². The number of hydrogen-bond acceptors (Lipinski definition) is 2. The first kappa shape index (κ1) is 7.88. The predicted molar refractivity (Wildman–Crippen MR) is 37.1 cm³/mol. The molecule has 0 unspecified atom stereocenters. The van der Waals surface area contributed by atoms with Gasteiger partial charge in [-0.1, -0.05) is 13.5 Å². The molecule has 3 nitrogen and oxygen atoms in total. The van der Waals surface area contributed by atoms with Crippen LogP contribution >= 0.6 is 0 Å². The number of carbonyl (C=O) groups is 1. The lowest BCUT2D eigenvalue weighted by atomic mass is 10.2. The van der Waals surface area contributed by atoms with Crippen molar-refractivity contribution in [1.29, 1.82) is 0 Å². The number of carbonyl (C=O) groups excluding carboxylic acids is 1. The van der Waals surface area contributed by atoms with E-state index in [-0.39, 0.29) is 5.91 Å². The van der Waals surface area contributed by atoms with E-state index in [2.05, 4.69) is 23.8 Å². The number of nitrogens with one attached hydrogen (secondary N) is 1. The summed E-state index contributed by atoms with van der Waals surface area (Å²) in [6.07, 6.45) is 0.640. The van der Waals surface area contributed by atoms with Crippen molar-refractivity contribution in [3.05, 3.63) is 12.2 Å². The quantitative estimate of drug-likeness (QED) is 0.337. The third-order valence-corrected chi connectivity index (χ3v) is 0.928. The van der Waals surface area contributed by atoms with Crippen LogP contribution in [0, 0.1) is 0 Å². The molecule has 0 aromatic carbocycles. The molecule has 0 saturated carbocycles. The smallest absolute Gasteiger partial charge is 0.266 e. The summed E-state index contributed by atoms with van der Waals surface area (Å²) in [4.78, 5) is 10.6. The molecular weight excluding hydrogens is 116 g/mol. The largest absolute Gasteiger partial charge is 0.268 e. The third kappa shape index (κ3) is 2.64. The maximum Gasteiger partial charge on any atom is 0.266 e. The van der Waals surface area contributed by atoms with Crippen molar-refractivity contribution in [2.75, 3.05) is 0 Å². The summed E-state index contributed by atoms with van der Waals surface area (Å²) in [6, 6.07) is 0. The van der Waals surface area contributed by atoms with Gasteiger partial charge in [0.2, 0.25) is 0 Å². The zero-order valence-electron chi connectivity index (χ0n) is 5.48. The molecule has 0 saturated heterocycles. The van der Waals surface area contributed by atoms with Crippen molar-refractivity contribution in [1.82, 2.24) is 5.43 Å². The average molecular weight is 126 g/mol. The fraction of sp³-hybridized carbons (Fsp3) is 0.333. The highest BCUT2D eigenvalue weighted by Crippen LogP contribution is 1.94. The van der Waals surface area contributed by atoms with Crippen LogP contribution in [0.1, 0.15) is 13.3 Å². The molecule has 0 spiro atoms. The number of amides is 1. The Bertz CT molecular complexity index is 140. The van der Waals surface area contributed by atoms with Gasteiger partial charge < -0.3 is 0 Å². The predicted octanol–water partition coefficient (Wildman–Crippen LogP) is 0.684. The monoisotopic (exact) mass is 126 g/mol. The van der Waals surface area contributed by atoms with Crippen LogP contribution in [-0.4, -0.2) is 12.6 Å². The van der Waals surface area contributed by atoms with Gasteiger partial charge in [0, 0.05) is 12.3 Å². The first-order chi connectivity index (χ1) is 4.22. The minimum Gasteiger partial charge on any atom is -0.268 e. The van der Waals surface area contributed by atoms with Crippen LogP contribution in [0.25, 0.3) is 0 Å². The van der Waals surface area contributed by atoms with Gasteiger partial charge >= 0.3 is 0 Å².